The van der Waals surface area contributed by atoms with Crippen LogP contribution in [0.4, 0.5) is 0 Å². The summed E-state index contributed by atoms with van der Waals surface area (Å²) in [4.78, 5) is 8.70. The van der Waals surface area contributed by atoms with Crippen LogP contribution in [0.3, 0.4) is 0 Å². The van der Waals surface area contributed by atoms with E-state index in [1.165, 1.54) is 11.1 Å². The average Bonchev–Trinajstić information content (AvgIpc) is 2.39. The van der Waals surface area contributed by atoms with Crippen molar-refractivity contribution < 1.29 is 0 Å². The SMILES string of the molecule is Cc1cnc(SC(c2ccccc2C)C(C)N)nc1. The number of hydrogen-bond donors (Lipinski definition) is 1. The van der Waals surface area contributed by atoms with Crippen LogP contribution in [0, 0.1) is 13.8 Å². The number of aromatic nitrogens is 2. The van der Waals surface area contributed by atoms with E-state index in [-0.39, 0.29) is 11.3 Å². The summed E-state index contributed by atoms with van der Waals surface area (Å²) in [5.74, 6) is 0. The quantitative estimate of drug-likeness (QED) is 0.686. The average molecular weight is 273 g/mol. The van der Waals surface area contributed by atoms with Crippen molar-refractivity contribution >= 4 is 11.8 Å². The van der Waals surface area contributed by atoms with Crippen molar-refractivity contribution in [1.29, 1.82) is 0 Å². The fourth-order valence-corrected chi connectivity index (χ4v) is 2.98. The summed E-state index contributed by atoms with van der Waals surface area (Å²) in [5.41, 5.74) is 9.72. The molecule has 2 atom stereocenters. The Hall–Kier alpha value is -1.39. The molecular weight excluding hydrogens is 254 g/mol. The lowest BCUT2D eigenvalue weighted by molar-refractivity contribution is 0.714. The molecule has 2 rings (SSSR count). The van der Waals surface area contributed by atoms with Gasteiger partial charge in [-0.25, -0.2) is 9.97 Å². The highest BCUT2D eigenvalue weighted by Gasteiger charge is 2.20. The first-order chi connectivity index (χ1) is 9.08. The summed E-state index contributed by atoms with van der Waals surface area (Å²) in [7, 11) is 0. The molecule has 0 aliphatic carbocycles. The van der Waals surface area contributed by atoms with E-state index in [1.807, 2.05) is 38.4 Å². The second kappa shape index (κ2) is 6.17. The van der Waals surface area contributed by atoms with Gasteiger partial charge in [0.25, 0.3) is 0 Å². The monoisotopic (exact) mass is 273 g/mol. The Labute approximate surface area is 118 Å². The molecule has 1 aromatic carbocycles. The van der Waals surface area contributed by atoms with Gasteiger partial charge in [-0.15, -0.1) is 0 Å². The number of benzene rings is 1. The van der Waals surface area contributed by atoms with Crippen LogP contribution in [0.5, 0.6) is 0 Å². The molecule has 0 fully saturated rings. The van der Waals surface area contributed by atoms with Gasteiger partial charge in [0, 0.05) is 18.4 Å². The van der Waals surface area contributed by atoms with E-state index in [0.717, 1.165) is 10.7 Å². The maximum atomic E-state index is 6.14. The molecule has 2 N–H and O–H groups in total. The third-order valence-corrected chi connectivity index (χ3v) is 4.32. The van der Waals surface area contributed by atoms with Gasteiger partial charge < -0.3 is 5.73 Å². The summed E-state index contributed by atoms with van der Waals surface area (Å²) in [6.07, 6.45) is 3.68. The molecule has 0 aliphatic rings. The molecule has 4 heteroatoms. The van der Waals surface area contributed by atoms with Crippen LogP contribution < -0.4 is 5.73 Å². The maximum Gasteiger partial charge on any atom is 0.188 e. The van der Waals surface area contributed by atoms with Crippen LogP contribution in [-0.2, 0) is 0 Å². The lowest BCUT2D eigenvalue weighted by Gasteiger charge is -2.21. The van der Waals surface area contributed by atoms with Gasteiger partial charge in [-0.2, -0.15) is 0 Å². The minimum Gasteiger partial charge on any atom is -0.327 e. The molecule has 0 radical (unpaired) electrons. The minimum absolute atomic E-state index is 0.0380. The summed E-state index contributed by atoms with van der Waals surface area (Å²) >= 11 is 1.63. The van der Waals surface area contributed by atoms with Crippen molar-refractivity contribution in [1.82, 2.24) is 9.97 Å². The highest BCUT2D eigenvalue weighted by Crippen LogP contribution is 2.36. The third-order valence-electron chi connectivity index (χ3n) is 2.96. The van der Waals surface area contributed by atoms with Crippen LogP contribution in [0.15, 0.2) is 41.8 Å². The normalized spacial score (nSPS) is 14.1. The molecule has 2 unspecified atom stereocenters. The topological polar surface area (TPSA) is 51.8 Å². The molecule has 100 valence electrons. The van der Waals surface area contributed by atoms with Crippen molar-refractivity contribution in [2.24, 2.45) is 5.73 Å². The molecule has 0 amide bonds. The number of thioether (sulfide) groups is 1. The molecule has 0 spiro atoms. The van der Waals surface area contributed by atoms with Gasteiger partial charge in [0.15, 0.2) is 5.16 Å². The van der Waals surface area contributed by atoms with Crippen LogP contribution >= 0.6 is 11.8 Å². The molecular formula is C15H19N3S. The minimum atomic E-state index is 0.0380. The largest absolute Gasteiger partial charge is 0.327 e. The predicted octanol–water partition coefficient (Wildman–Crippen LogP) is 3.27. The zero-order valence-corrected chi connectivity index (χ0v) is 12.3. The molecule has 3 nitrogen and oxygen atoms in total. The Kier molecular flexibility index (Phi) is 4.56. The van der Waals surface area contributed by atoms with Gasteiger partial charge in [0.05, 0.1) is 5.25 Å². The predicted molar refractivity (Wildman–Crippen MR) is 80.2 cm³/mol. The molecule has 19 heavy (non-hydrogen) atoms. The summed E-state index contributed by atoms with van der Waals surface area (Å²) < 4.78 is 0. The molecule has 2 aromatic rings. The van der Waals surface area contributed by atoms with E-state index in [2.05, 4.69) is 29.0 Å². The fraction of sp³-hybridized carbons (Fsp3) is 0.333. The summed E-state index contributed by atoms with van der Waals surface area (Å²) in [5, 5.41) is 0.944. The van der Waals surface area contributed by atoms with Gasteiger partial charge in [-0.3, -0.25) is 0 Å². The van der Waals surface area contributed by atoms with E-state index >= 15 is 0 Å². The lowest BCUT2D eigenvalue weighted by Crippen LogP contribution is -2.23. The first-order valence-corrected chi connectivity index (χ1v) is 7.22. The molecule has 0 saturated heterocycles. The Morgan fingerprint density at radius 1 is 1.11 bits per heavy atom. The van der Waals surface area contributed by atoms with Gasteiger partial charge in [0.2, 0.25) is 0 Å². The highest BCUT2D eigenvalue weighted by molar-refractivity contribution is 7.99. The van der Waals surface area contributed by atoms with Crippen molar-refractivity contribution in [3.8, 4) is 0 Å². The lowest BCUT2D eigenvalue weighted by atomic mass is 10.0. The van der Waals surface area contributed by atoms with Gasteiger partial charge in [0.1, 0.15) is 0 Å². The Morgan fingerprint density at radius 2 is 1.74 bits per heavy atom. The Morgan fingerprint density at radius 3 is 2.32 bits per heavy atom. The molecule has 0 aliphatic heterocycles. The molecule has 0 saturated carbocycles. The number of rotatable bonds is 4. The summed E-state index contributed by atoms with van der Waals surface area (Å²) in [6, 6.07) is 8.38. The number of nitrogens with zero attached hydrogens (tertiary/aromatic N) is 2. The fourth-order valence-electron chi connectivity index (χ4n) is 1.92. The second-order valence-corrected chi connectivity index (χ2v) is 5.91. The molecule has 1 aromatic heterocycles. The number of aryl methyl sites for hydroxylation is 2. The van der Waals surface area contributed by atoms with Crippen molar-refractivity contribution in [3.05, 3.63) is 53.3 Å². The molecule has 0 bridgehead atoms. The maximum absolute atomic E-state index is 6.14. The van der Waals surface area contributed by atoms with Crippen molar-refractivity contribution in [2.45, 2.75) is 37.2 Å². The van der Waals surface area contributed by atoms with Crippen LogP contribution in [-0.4, -0.2) is 16.0 Å². The first-order valence-electron chi connectivity index (χ1n) is 6.34. The van der Waals surface area contributed by atoms with Crippen LogP contribution in [0.1, 0.15) is 28.9 Å². The van der Waals surface area contributed by atoms with E-state index in [0.29, 0.717) is 0 Å². The smallest absolute Gasteiger partial charge is 0.188 e. The van der Waals surface area contributed by atoms with Gasteiger partial charge in [-0.05, 0) is 37.5 Å². The van der Waals surface area contributed by atoms with E-state index in [1.54, 1.807) is 11.8 Å². The van der Waals surface area contributed by atoms with Crippen molar-refractivity contribution in [3.63, 3.8) is 0 Å². The number of hydrogen-bond acceptors (Lipinski definition) is 4. The van der Waals surface area contributed by atoms with E-state index in [4.69, 9.17) is 5.73 Å². The standard InChI is InChI=1S/C15H19N3S/c1-10-8-17-15(18-9-10)19-14(12(3)16)13-7-5-4-6-11(13)2/h4-9,12,14H,16H2,1-3H3. The third kappa shape index (κ3) is 3.55. The zero-order valence-electron chi connectivity index (χ0n) is 11.5. The first kappa shape index (κ1) is 14.0. The number of nitrogens with two attached hydrogens (primary N) is 1. The van der Waals surface area contributed by atoms with Crippen LogP contribution in [0.25, 0.3) is 0 Å². The van der Waals surface area contributed by atoms with E-state index in [9.17, 15) is 0 Å². The Balaban J connectivity index is 2.27. The van der Waals surface area contributed by atoms with Gasteiger partial charge >= 0.3 is 0 Å². The Bertz CT molecular complexity index is 537. The second-order valence-electron chi connectivity index (χ2n) is 4.80. The van der Waals surface area contributed by atoms with Gasteiger partial charge in [-0.1, -0.05) is 36.0 Å². The highest BCUT2D eigenvalue weighted by atomic mass is 32.2. The van der Waals surface area contributed by atoms with Crippen molar-refractivity contribution in [2.75, 3.05) is 0 Å². The summed E-state index contributed by atoms with van der Waals surface area (Å²) in [6.45, 7) is 6.12. The zero-order chi connectivity index (χ0) is 13.8. The van der Waals surface area contributed by atoms with E-state index < -0.39 is 0 Å². The van der Waals surface area contributed by atoms with Crippen LogP contribution in [0.2, 0.25) is 0 Å². The molecule has 1 heterocycles.